The highest BCUT2D eigenvalue weighted by atomic mass is 16.5. The van der Waals surface area contributed by atoms with E-state index < -0.39 is 17.7 Å². The highest BCUT2D eigenvalue weighted by molar-refractivity contribution is 6.46. The van der Waals surface area contributed by atoms with Gasteiger partial charge < -0.3 is 24.4 Å². The van der Waals surface area contributed by atoms with Crippen molar-refractivity contribution in [2.45, 2.75) is 19.9 Å². The summed E-state index contributed by atoms with van der Waals surface area (Å²) in [6.07, 6.45) is 0. The van der Waals surface area contributed by atoms with Crippen molar-refractivity contribution in [1.82, 2.24) is 4.90 Å². The molecule has 0 spiro atoms. The number of likely N-dealkylation sites (N-methyl/N-ethyl adjacent to an activating group) is 1. The summed E-state index contributed by atoms with van der Waals surface area (Å²) in [6, 6.07) is 11.8. The van der Waals surface area contributed by atoms with Crippen LogP contribution in [0.3, 0.4) is 0 Å². The van der Waals surface area contributed by atoms with Crippen molar-refractivity contribution >= 4 is 17.4 Å². The monoisotopic (exact) mass is 439 g/mol. The summed E-state index contributed by atoms with van der Waals surface area (Å²) in [4.78, 5) is 28.8. The van der Waals surface area contributed by atoms with E-state index in [1.54, 1.807) is 30.2 Å². The van der Waals surface area contributed by atoms with Crippen molar-refractivity contribution in [1.29, 1.82) is 0 Å². The number of rotatable bonds is 8. The lowest BCUT2D eigenvalue weighted by molar-refractivity contribution is -0.857. The third-order valence-corrected chi connectivity index (χ3v) is 5.59. The van der Waals surface area contributed by atoms with E-state index in [9.17, 15) is 14.7 Å². The van der Waals surface area contributed by atoms with Crippen LogP contribution >= 0.6 is 0 Å². The summed E-state index contributed by atoms with van der Waals surface area (Å²) in [5, 5.41) is 11.2. The largest absolute Gasteiger partial charge is 0.507 e. The zero-order valence-corrected chi connectivity index (χ0v) is 19.3. The highest BCUT2D eigenvalue weighted by Gasteiger charge is 2.46. The number of ketones is 1. The molecule has 1 aliphatic rings. The summed E-state index contributed by atoms with van der Waals surface area (Å²) in [5.74, 6) is -0.0984. The Morgan fingerprint density at radius 1 is 1.09 bits per heavy atom. The Morgan fingerprint density at radius 2 is 1.75 bits per heavy atom. The first-order chi connectivity index (χ1) is 15.3. The predicted octanol–water partition coefficient (Wildman–Crippen LogP) is 1.97. The third-order valence-electron chi connectivity index (χ3n) is 5.59. The molecular formula is C25H31N2O5+. The van der Waals surface area contributed by atoms with Gasteiger partial charge in [-0.1, -0.05) is 12.1 Å². The lowest BCUT2D eigenvalue weighted by Crippen LogP contribution is -3.06. The SMILES string of the molecule is CCOc1ccc(C2C(=C(O)c3ccc(OC)cc3C)C(=O)C(=O)N2CC[NH+](C)C)cc1. The minimum atomic E-state index is -0.676. The molecule has 2 N–H and O–H groups in total. The molecule has 0 aliphatic carbocycles. The van der Waals surface area contributed by atoms with Crippen LogP contribution in [0.5, 0.6) is 11.5 Å². The van der Waals surface area contributed by atoms with Crippen LogP contribution in [0.2, 0.25) is 0 Å². The average Bonchev–Trinajstić information content (AvgIpc) is 3.02. The Morgan fingerprint density at radius 3 is 2.31 bits per heavy atom. The van der Waals surface area contributed by atoms with Gasteiger partial charge in [0.2, 0.25) is 0 Å². The topological polar surface area (TPSA) is 80.5 Å². The maximum Gasteiger partial charge on any atom is 0.295 e. The Kier molecular flexibility index (Phi) is 7.20. The number of carbonyl (C=O) groups excluding carboxylic acids is 2. The molecule has 170 valence electrons. The number of benzene rings is 2. The van der Waals surface area contributed by atoms with E-state index in [4.69, 9.17) is 9.47 Å². The lowest BCUT2D eigenvalue weighted by Gasteiger charge is -2.26. The first-order valence-corrected chi connectivity index (χ1v) is 10.7. The molecule has 1 saturated heterocycles. The minimum absolute atomic E-state index is 0.0983. The predicted molar refractivity (Wildman–Crippen MR) is 122 cm³/mol. The van der Waals surface area contributed by atoms with E-state index in [2.05, 4.69) is 0 Å². The second-order valence-corrected chi connectivity index (χ2v) is 8.13. The van der Waals surface area contributed by atoms with Gasteiger partial charge in [-0.05, 0) is 55.3 Å². The smallest absolute Gasteiger partial charge is 0.295 e. The summed E-state index contributed by atoms with van der Waals surface area (Å²) in [7, 11) is 5.55. The fourth-order valence-electron chi connectivity index (χ4n) is 3.89. The average molecular weight is 440 g/mol. The molecule has 0 saturated carbocycles. The number of aliphatic hydroxyl groups excluding tert-OH is 1. The van der Waals surface area contributed by atoms with E-state index in [0.29, 0.717) is 36.8 Å². The summed E-state index contributed by atoms with van der Waals surface area (Å²) >= 11 is 0. The van der Waals surface area contributed by atoms with Crippen molar-refractivity contribution in [2.24, 2.45) is 0 Å². The number of Topliss-reactive ketones (excluding diaryl/α,β-unsaturated/α-hetero) is 1. The number of likely N-dealkylation sites (tertiary alicyclic amines) is 1. The fraction of sp³-hybridized carbons (Fsp3) is 0.360. The van der Waals surface area contributed by atoms with Crippen LogP contribution in [0, 0.1) is 6.92 Å². The number of quaternary nitrogens is 1. The number of ether oxygens (including phenoxy) is 2. The third kappa shape index (κ3) is 4.62. The molecule has 0 aromatic heterocycles. The van der Waals surface area contributed by atoms with Crippen molar-refractivity contribution in [3.8, 4) is 11.5 Å². The molecule has 1 aliphatic heterocycles. The van der Waals surface area contributed by atoms with Crippen LogP contribution < -0.4 is 14.4 Å². The van der Waals surface area contributed by atoms with Gasteiger partial charge in [0.25, 0.3) is 11.7 Å². The molecule has 1 fully saturated rings. The van der Waals surface area contributed by atoms with Gasteiger partial charge in [0.1, 0.15) is 17.3 Å². The van der Waals surface area contributed by atoms with Crippen LogP contribution in [-0.4, -0.2) is 62.6 Å². The summed E-state index contributed by atoms with van der Waals surface area (Å²) in [5.41, 5.74) is 2.09. The molecule has 0 radical (unpaired) electrons. The van der Waals surface area contributed by atoms with Crippen molar-refractivity contribution in [2.75, 3.05) is 40.9 Å². The van der Waals surface area contributed by atoms with Gasteiger partial charge in [-0.2, -0.15) is 0 Å². The van der Waals surface area contributed by atoms with Crippen LogP contribution in [-0.2, 0) is 9.59 Å². The van der Waals surface area contributed by atoms with E-state index >= 15 is 0 Å². The standard InChI is InChI=1S/C25H30N2O5/c1-6-32-18-9-7-17(8-10-18)22-21(24(29)25(30)27(22)14-13-26(3)4)23(28)20-12-11-19(31-5)15-16(20)2/h7-12,15,22,28H,6,13-14H2,1-5H3/p+1. The number of hydrogen-bond acceptors (Lipinski definition) is 5. The first-order valence-electron chi connectivity index (χ1n) is 10.7. The molecule has 7 nitrogen and oxygen atoms in total. The van der Waals surface area contributed by atoms with Crippen LogP contribution in [0.4, 0.5) is 0 Å². The zero-order valence-electron chi connectivity index (χ0n) is 19.3. The molecule has 2 aromatic carbocycles. The second-order valence-electron chi connectivity index (χ2n) is 8.13. The number of nitrogens with zero attached hydrogens (tertiary/aromatic N) is 1. The molecule has 0 bridgehead atoms. The number of methoxy groups -OCH3 is 1. The normalized spacial score (nSPS) is 17.8. The lowest BCUT2D eigenvalue weighted by atomic mass is 9.94. The van der Waals surface area contributed by atoms with E-state index in [1.807, 2.05) is 52.2 Å². The number of nitrogens with one attached hydrogen (secondary N) is 1. The van der Waals surface area contributed by atoms with Crippen LogP contribution in [0.15, 0.2) is 48.0 Å². The van der Waals surface area contributed by atoms with Gasteiger partial charge in [-0.15, -0.1) is 0 Å². The molecule has 1 heterocycles. The van der Waals surface area contributed by atoms with E-state index in [0.717, 1.165) is 16.0 Å². The Labute approximate surface area is 188 Å². The van der Waals surface area contributed by atoms with E-state index in [1.165, 1.54) is 0 Å². The number of amides is 1. The number of aryl methyl sites for hydroxylation is 1. The van der Waals surface area contributed by atoms with Crippen LogP contribution in [0.1, 0.15) is 29.7 Å². The van der Waals surface area contributed by atoms with Crippen LogP contribution in [0.25, 0.3) is 5.76 Å². The Bertz CT molecular complexity index is 1030. The van der Waals surface area contributed by atoms with E-state index in [-0.39, 0.29) is 11.3 Å². The van der Waals surface area contributed by atoms with Gasteiger partial charge in [0.15, 0.2) is 0 Å². The maximum atomic E-state index is 13.1. The van der Waals surface area contributed by atoms with Crippen molar-refractivity contribution in [3.05, 3.63) is 64.7 Å². The summed E-state index contributed by atoms with van der Waals surface area (Å²) < 4.78 is 10.8. The molecule has 7 heteroatoms. The van der Waals surface area contributed by atoms with Crippen molar-refractivity contribution < 1.29 is 29.1 Å². The first kappa shape index (κ1) is 23.3. The summed E-state index contributed by atoms with van der Waals surface area (Å²) in [6.45, 7) is 5.34. The second kappa shape index (κ2) is 9.87. The Hall–Kier alpha value is -3.32. The van der Waals surface area contributed by atoms with Gasteiger partial charge >= 0.3 is 0 Å². The van der Waals surface area contributed by atoms with Gasteiger partial charge in [-0.3, -0.25) is 9.59 Å². The molecule has 1 unspecified atom stereocenters. The molecule has 1 atom stereocenters. The molecule has 32 heavy (non-hydrogen) atoms. The fourth-order valence-corrected chi connectivity index (χ4v) is 3.89. The molecular weight excluding hydrogens is 408 g/mol. The molecule has 2 aromatic rings. The maximum absolute atomic E-state index is 13.1. The number of aliphatic hydroxyl groups is 1. The molecule has 1 amide bonds. The number of hydrogen-bond donors (Lipinski definition) is 2. The highest BCUT2D eigenvalue weighted by Crippen LogP contribution is 2.40. The van der Waals surface area contributed by atoms with Gasteiger partial charge in [0, 0.05) is 5.56 Å². The minimum Gasteiger partial charge on any atom is -0.507 e. The van der Waals surface area contributed by atoms with Crippen molar-refractivity contribution in [3.63, 3.8) is 0 Å². The quantitative estimate of drug-likeness (QED) is 0.374. The zero-order chi connectivity index (χ0) is 23.4. The number of carbonyl (C=O) groups is 2. The Balaban J connectivity index is 2.13. The molecule has 3 rings (SSSR count). The van der Waals surface area contributed by atoms with Gasteiger partial charge in [0.05, 0.1) is 52.5 Å². The van der Waals surface area contributed by atoms with Gasteiger partial charge in [-0.25, -0.2) is 0 Å².